The van der Waals surface area contributed by atoms with Gasteiger partial charge in [0.1, 0.15) is 0 Å². The number of anilines is 1. The minimum Gasteiger partial charge on any atom is -0.465 e. The molecule has 0 radical (unpaired) electrons. The molecule has 108 valence electrons. The van der Waals surface area contributed by atoms with Crippen LogP contribution < -0.4 is 10.8 Å². The van der Waals surface area contributed by atoms with Crippen molar-refractivity contribution in [2.75, 3.05) is 5.32 Å². The van der Waals surface area contributed by atoms with Gasteiger partial charge in [-0.25, -0.2) is 4.79 Å². The molecule has 0 spiro atoms. The van der Waals surface area contributed by atoms with Crippen LogP contribution in [0.4, 0.5) is 10.5 Å². The predicted octanol–water partition coefficient (Wildman–Crippen LogP) is 2.38. The molecule has 1 aliphatic rings. The Labute approximate surface area is 119 Å². The molecule has 1 aromatic rings. The molecule has 2 N–H and O–H groups in total. The molecular formula is C14H20BNO4. The summed E-state index contributed by atoms with van der Waals surface area (Å²) in [7, 11) is -0.433. The van der Waals surface area contributed by atoms with Gasteiger partial charge in [-0.1, -0.05) is 12.1 Å². The molecular weight excluding hydrogens is 257 g/mol. The fourth-order valence-corrected chi connectivity index (χ4v) is 2.07. The molecule has 1 aliphatic heterocycles. The van der Waals surface area contributed by atoms with Crippen molar-refractivity contribution in [3.05, 3.63) is 23.8 Å². The largest absolute Gasteiger partial charge is 0.494 e. The van der Waals surface area contributed by atoms with Crippen molar-refractivity contribution in [1.29, 1.82) is 0 Å². The Morgan fingerprint density at radius 1 is 1.20 bits per heavy atom. The lowest BCUT2D eigenvalue weighted by atomic mass is 9.78. The summed E-state index contributed by atoms with van der Waals surface area (Å²) >= 11 is 0. The van der Waals surface area contributed by atoms with E-state index in [1.165, 1.54) is 0 Å². The van der Waals surface area contributed by atoms with Gasteiger partial charge < -0.3 is 14.4 Å². The Morgan fingerprint density at radius 2 is 1.75 bits per heavy atom. The minimum absolute atomic E-state index is 0.385. The number of nitrogens with one attached hydrogen (secondary N) is 1. The highest BCUT2D eigenvalue weighted by atomic mass is 16.7. The molecule has 1 amide bonds. The fourth-order valence-electron chi connectivity index (χ4n) is 2.07. The summed E-state index contributed by atoms with van der Waals surface area (Å²) in [6, 6.07) is 5.43. The highest BCUT2D eigenvalue weighted by Crippen LogP contribution is 2.36. The van der Waals surface area contributed by atoms with E-state index in [1.54, 1.807) is 6.07 Å². The molecule has 0 aliphatic carbocycles. The van der Waals surface area contributed by atoms with Crippen molar-refractivity contribution in [2.45, 2.75) is 45.8 Å². The van der Waals surface area contributed by atoms with Crippen LogP contribution in [0.15, 0.2) is 18.2 Å². The molecule has 0 aromatic heterocycles. The zero-order valence-corrected chi connectivity index (χ0v) is 12.5. The van der Waals surface area contributed by atoms with E-state index in [4.69, 9.17) is 14.4 Å². The molecule has 6 heteroatoms. The number of hydrogen-bond donors (Lipinski definition) is 2. The summed E-state index contributed by atoms with van der Waals surface area (Å²) in [4.78, 5) is 10.7. The summed E-state index contributed by atoms with van der Waals surface area (Å²) in [5, 5.41) is 11.1. The second-order valence-electron chi connectivity index (χ2n) is 6.09. The van der Waals surface area contributed by atoms with Gasteiger partial charge >= 0.3 is 13.2 Å². The Morgan fingerprint density at radius 3 is 2.20 bits per heavy atom. The third-order valence-corrected chi connectivity index (χ3v) is 4.02. The summed E-state index contributed by atoms with van der Waals surface area (Å²) in [6.45, 7) is 9.85. The van der Waals surface area contributed by atoms with Crippen LogP contribution in [-0.2, 0) is 9.31 Å². The molecule has 0 saturated carbocycles. The highest BCUT2D eigenvalue weighted by molar-refractivity contribution is 6.62. The monoisotopic (exact) mass is 277 g/mol. The first kappa shape index (κ1) is 14.9. The van der Waals surface area contributed by atoms with E-state index in [2.05, 4.69) is 5.32 Å². The first-order chi connectivity index (χ1) is 9.12. The standard InChI is InChI=1S/C14H20BNO4/c1-9-8-10(6-7-11(9)16-12(17)18)15-19-13(2,3)14(4,5)20-15/h6-8,16H,1-5H3,(H,17,18). The molecule has 0 bridgehead atoms. The molecule has 0 atom stereocenters. The molecule has 1 heterocycles. The van der Waals surface area contributed by atoms with E-state index < -0.39 is 13.2 Å². The van der Waals surface area contributed by atoms with Crippen molar-refractivity contribution >= 4 is 24.4 Å². The molecule has 0 unspecified atom stereocenters. The zero-order chi connectivity index (χ0) is 15.1. The van der Waals surface area contributed by atoms with E-state index in [1.807, 2.05) is 46.8 Å². The second kappa shape index (κ2) is 4.79. The second-order valence-corrected chi connectivity index (χ2v) is 6.09. The number of benzene rings is 1. The maximum absolute atomic E-state index is 10.7. The third-order valence-electron chi connectivity index (χ3n) is 4.02. The number of carboxylic acid groups (broad SMARTS) is 1. The molecule has 2 rings (SSSR count). The van der Waals surface area contributed by atoms with E-state index >= 15 is 0 Å². The first-order valence-electron chi connectivity index (χ1n) is 6.58. The molecule has 20 heavy (non-hydrogen) atoms. The lowest BCUT2D eigenvalue weighted by Gasteiger charge is -2.32. The summed E-state index contributed by atoms with van der Waals surface area (Å²) < 4.78 is 11.9. The van der Waals surface area contributed by atoms with E-state index in [0.29, 0.717) is 5.69 Å². The summed E-state index contributed by atoms with van der Waals surface area (Å²) in [5.41, 5.74) is 1.52. The van der Waals surface area contributed by atoms with Crippen LogP contribution in [0.3, 0.4) is 0 Å². The number of carbonyl (C=O) groups is 1. The van der Waals surface area contributed by atoms with Gasteiger partial charge in [-0.05, 0) is 51.7 Å². The van der Waals surface area contributed by atoms with E-state index in [9.17, 15) is 4.79 Å². The Hall–Kier alpha value is -1.53. The number of aryl methyl sites for hydroxylation is 1. The van der Waals surface area contributed by atoms with E-state index in [-0.39, 0.29) is 11.2 Å². The number of rotatable bonds is 2. The fraction of sp³-hybridized carbons (Fsp3) is 0.500. The van der Waals surface area contributed by atoms with Crippen LogP contribution in [0.25, 0.3) is 0 Å². The number of amides is 1. The lowest BCUT2D eigenvalue weighted by Crippen LogP contribution is -2.41. The van der Waals surface area contributed by atoms with Crippen LogP contribution in [-0.4, -0.2) is 29.5 Å². The van der Waals surface area contributed by atoms with Crippen molar-refractivity contribution in [3.8, 4) is 0 Å². The van der Waals surface area contributed by atoms with Gasteiger partial charge in [-0.2, -0.15) is 0 Å². The third kappa shape index (κ3) is 2.67. The van der Waals surface area contributed by atoms with Gasteiger partial charge in [0.25, 0.3) is 0 Å². The molecule has 1 fully saturated rings. The SMILES string of the molecule is Cc1cc(B2OC(C)(C)C(C)(C)O2)ccc1NC(=O)O. The van der Waals surface area contributed by atoms with Crippen molar-refractivity contribution in [2.24, 2.45) is 0 Å². The summed E-state index contributed by atoms with van der Waals surface area (Å²) in [5.74, 6) is 0. The van der Waals surface area contributed by atoms with Crippen LogP contribution >= 0.6 is 0 Å². The number of hydrogen-bond acceptors (Lipinski definition) is 3. The maximum Gasteiger partial charge on any atom is 0.494 e. The highest BCUT2D eigenvalue weighted by Gasteiger charge is 2.51. The van der Waals surface area contributed by atoms with Crippen molar-refractivity contribution in [3.63, 3.8) is 0 Å². The lowest BCUT2D eigenvalue weighted by molar-refractivity contribution is 0.00578. The van der Waals surface area contributed by atoms with Crippen LogP contribution in [0.2, 0.25) is 0 Å². The molecule has 1 aromatic carbocycles. The Kier molecular flexibility index (Phi) is 3.56. The van der Waals surface area contributed by atoms with E-state index in [0.717, 1.165) is 11.0 Å². The minimum atomic E-state index is -1.07. The smallest absolute Gasteiger partial charge is 0.465 e. The van der Waals surface area contributed by atoms with Crippen LogP contribution in [0, 0.1) is 6.92 Å². The first-order valence-corrected chi connectivity index (χ1v) is 6.58. The van der Waals surface area contributed by atoms with Crippen molar-refractivity contribution < 1.29 is 19.2 Å². The Bertz CT molecular complexity index is 526. The van der Waals surface area contributed by atoms with Gasteiger partial charge in [0.15, 0.2) is 0 Å². The topological polar surface area (TPSA) is 67.8 Å². The normalized spacial score (nSPS) is 19.9. The molecule has 5 nitrogen and oxygen atoms in total. The van der Waals surface area contributed by atoms with Crippen molar-refractivity contribution in [1.82, 2.24) is 0 Å². The van der Waals surface area contributed by atoms with Gasteiger partial charge in [0, 0.05) is 5.69 Å². The van der Waals surface area contributed by atoms with Gasteiger partial charge in [-0.15, -0.1) is 0 Å². The Balaban J connectivity index is 2.24. The van der Waals surface area contributed by atoms with Gasteiger partial charge in [0.2, 0.25) is 0 Å². The van der Waals surface area contributed by atoms with Crippen LogP contribution in [0.5, 0.6) is 0 Å². The van der Waals surface area contributed by atoms with Gasteiger partial charge in [-0.3, -0.25) is 5.32 Å². The predicted molar refractivity (Wildman–Crippen MR) is 78.5 cm³/mol. The average molecular weight is 277 g/mol. The summed E-state index contributed by atoms with van der Waals surface area (Å²) in [6.07, 6.45) is -1.07. The van der Waals surface area contributed by atoms with Crippen LogP contribution in [0.1, 0.15) is 33.3 Å². The maximum atomic E-state index is 10.7. The quantitative estimate of drug-likeness (QED) is 0.814. The zero-order valence-electron chi connectivity index (χ0n) is 12.5. The van der Waals surface area contributed by atoms with Gasteiger partial charge in [0.05, 0.1) is 11.2 Å². The molecule has 1 saturated heterocycles. The average Bonchev–Trinajstić information content (AvgIpc) is 2.50.